The van der Waals surface area contributed by atoms with E-state index in [-0.39, 0.29) is 5.75 Å². The molecule has 0 amide bonds. The molecule has 2 aliphatic rings. The van der Waals surface area contributed by atoms with Gasteiger partial charge in [-0.3, -0.25) is 4.79 Å². The van der Waals surface area contributed by atoms with Gasteiger partial charge in [-0.15, -0.1) is 0 Å². The summed E-state index contributed by atoms with van der Waals surface area (Å²) in [5.74, 6) is -0.385. The van der Waals surface area contributed by atoms with Gasteiger partial charge in [0.2, 0.25) is 10.0 Å². The molecule has 1 heterocycles. The van der Waals surface area contributed by atoms with Crippen LogP contribution in [0.2, 0.25) is 0 Å². The lowest BCUT2D eigenvalue weighted by Crippen LogP contribution is -2.41. The molecule has 0 aromatic heterocycles. The van der Waals surface area contributed by atoms with Crippen LogP contribution in [0.1, 0.15) is 44.9 Å². The molecule has 1 aliphatic carbocycles. The summed E-state index contributed by atoms with van der Waals surface area (Å²) in [7, 11) is -3.39. The fourth-order valence-electron chi connectivity index (χ4n) is 3.05. The van der Waals surface area contributed by atoms with E-state index in [4.69, 9.17) is 5.11 Å². The third-order valence-electron chi connectivity index (χ3n) is 4.10. The van der Waals surface area contributed by atoms with E-state index >= 15 is 0 Å². The molecule has 0 spiro atoms. The normalized spacial score (nSPS) is 26.8. The lowest BCUT2D eigenvalue weighted by molar-refractivity contribution is -0.140. The summed E-state index contributed by atoms with van der Waals surface area (Å²) < 4.78 is 25.5. The van der Waals surface area contributed by atoms with Crippen molar-refractivity contribution in [2.45, 2.75) is 51.0 Å². The van der Waals surface area contributed by atoms with E-state index in [0.29, 0.717) is 31.7 Å². The van der Waals surface area contributed by atoms with Gasteiger partial charge in [0.15, 0.2) is 0 Å². The summed E-state index contributed by atoms with van der Waals surface area (Å²) in [5, 5.41) is 9.02. The molecule has 1 atom stereocenters. The summed E-state index contributed by atoms with van der Waals surface area (Å²) >= 11 is 0. The van der Waals surface area contributed by atoms with Crippen LogP contribution in [-0.2, 0) is 14.8 Å². The standard InChI is InChI=1S/C12H21NO4S/c14-12(15)11-6-3-8-13(11)18(16,17)9-7-10-4-1-2-5-10/h10-11H,1-9H2,(H,14,15). The SMILES string of the molecule is O=C(O)C1CCCN1S(=O)(=O)CCC1CCCC1. The van der Waals surface area contributed by atoms with E-state index in [0.717, 1.165) is 12.8 Å². The largest absolute Gasteiger partial charge is 0.480 e. The highest BCUT2D eigenvalue weighted by molar-refractivity contribution is 7.89. The number of hydrogen-bond donors (Lipinski definition) is 1. The first-order valence-electron chi connectivity index (χ1n) is 6.73. The number of carboxylic acid groups (broad SMARTS) is 1. The van der Waals surface area contributed by atoms with Gasteiger partial charge < -0.3 is 5.11 Å². The van der Waals surface area contributed by atoms with Crippen LogP contribution in [0.4, 0.5) is 0 Å². The molecule has 0 bridgehead atoms. The molecule has 5 nitrogen and oxygen atoms in total. The molecule has 104 valence electrons. The number of sulfonamides is 1. The van der Waals surface area contributed by atoms with Crippen molar-refractivity contribution in [2.75, 3.05) is 12.3 Å². The predicted octanol–water partition coefficient (Wildman–Crippen LogP) is 1.45. The lowest BCUT2D eigenvalue weighted by Gasteiger charge is -2.21. The molecule has 0 aromatic rings. The van der Waals surface area contributed by atoms with Gasteiger partial charge in [0.05, 0.1) is 5.75 Å². The lowest BCUT2D eigenvalue weighted by atomic mass is 10.1. The summed E-state index contributed by atoms with van der Waals surface area (Å²) in [5.41, 5.74) is 0. The second kappa shape index (κ2) is 5.57. The van der Waals surface area contributed by atoms with Crippen LogP contribution in [-0.4, -0.2) is 42.1 Å². The predicted molar refractivity (Wildman–Crippen MR) is 67.7 cm³/mol. The molecule has 0 radical (unpaired) electrons. The van der Waals surface area contributed by atoms with Crippen LogP contribution in [0.5, 0.6) is 0 Å². The number of carboxylic acids is 1. The minimum Gasteiger partial charge on any atom is -0.480 e. The quantitative estimate of drug-likeness (QED) is 0.824. The first kappa shape index (κ1) is 13.8. The van der Waals surface area contributed by atoms with Gasteiger partial charge in [-0.2, -0.15) is 4.31 Å². The molecule has 1 N–H and O–H groups in total. The van der Waals surface area contributed by atoms with Gasteiger partial charge >= 0.3 is 5.97 Å². The van der Waals surface area contributed by atoms with Crippen LogP contribution in [0, 0.1) is 5.92 Å². The zero-order chi connectivity index (χ0) is 13.2. The first-order valence-corrected chi connectivity index (χ1v) is 8.34. The van der Waals surface area contributed by atoms with Gasteiger partial charge in [-0.1, -0.05) is 25.7 Å². The molecule has 6 heteroatoms. The minimum atomic E-state index is -3.39. The van der Waals surface area contributed by atoms with Crippen molar-refractivity contribution in [3.8, 4) is 0 Å². The zero-order valence-electron chi connectivity index (χ0n) is 10.5. The Morgan fingerprint density at radius 1 is 1.17 bits per heavy atom. The van der Waals surface area contributed by atoms with E-state index in [1.165, 1.54) is 17.1 Å². The Morgan fingerprint density at radius 3 is 2.44 bits per heavy atom. The molecule has 1 aliphatic heterocycles. The molecule has 2 fully saturated rings. The summed E-state index contributed by atoms with van der Waals surface area (Å²) in [6, 6.07) is -0.835. The summed E-state index contributed by atoms with van der Waals surface area (Å²) in [6.45, 7) is 0.365. The maximum atomic E-state index is 12.2. The van der Waals surface area contributed by atoms with Crippen molar-refractivity contribution < 1.29 is 18.3 Å². The van der Waals surface area contributed by atoms with E-state index in [1.54, 1.807) is 0 Å². The van der Waals surface area contributed by atoms with Crippen molar-refractivity contribution in [2.24, 2.45) is 5.92 Å². The van der Waals surface area contributed by atoms with Crippen LogP contribution in [0.3, 0.4) is 0 Å². The van der Waals surface area contributed by atoms with E-state index < -0.39 is 22.0 Å². The maximum Gasteiger partial charge on any atom is 0.322 e. The molecule has 2 rings (SSSR count). The molecular formula is C12H21NO4S. The average Bonchev–Trinajstić information content (AvgIpc) is 2.98. The Bertz CT molecular complexity index is 400. The molecule has 18 heavy (non-hydrogen) atoms. The monoisotopic (exact) mass is 275 g/mol. The van der Waals surface area contributed by atoms with Crippen molar-refractivity contribution in [3.05, 3.63) is 0 Å². The fourth-order valence-corrected chi connectivity index (χ4v) is 4.91. The third kappa shape index (κ3) is 3.03. The molecule has 0 aromatic carbocycles. The number of aliphatic carboxylic acids is 1. The second-order valence-electron chi connectivity index (χ2n) is 5.36. The highest BCUT2D eigenvalue weighted by Crippen LogP contribution is 2.29. The summed E-state index contributed by atoms with van der Waals surface area (Å²) in [6.07, 6.45) is 6.43. The first-order chi connectivity index (χ1) is 8.50. The van der Waals surface area contributed by atoms with Crippen molar-refractivity contribution in [1.29, 1.82) is 0 Å². The number of carbonyl (C=O) groups is 1. The Balaban J connectivity index is 1.94. The van der Waals surface area contributed by atoms with Gasteiger partial charge in [-0.05, 0) is 25.2 Å². The van der Waals surface area contributed by atoms with Gasteiger partial charge in [-0.25, -0.2) is 8.42 Å². The van der Waals surface area contributed by atoms with Gasteiger partial charge in [0.25, 0.3) is 0 Å². The Labute approximate surface area is 108 Å². The topological polar surface area (TPSA) is 74.7 Å². The Hall–Kier alpha value is -0.620. The number of nitrogens with zero attached hydrogens (tertiary/aromatic N) is 1. The van der Waals surface area contributed by atoms with Crippen molar-refractivity contribution in [3.63, 3.8) is 0 Å². The highest BCUT2D eigenvalue weighted by Gasteiger charge is 2.38. The molecule has 1 unspecified atom stereocenters. The van der Waals surface area contributed by atoms with Gasteiger partial charge in [0, 0.05) is 6.54 Å². The number of hydrogen-bond acceptors (Lipinski definition) is 3. The van der Waals surface area contributed by atoms with Crippen LogP contribution < -0.4 is 0 Å². The van der Waals surface area contributed by atoms with Crippen LogP contribution in [0.15, 0.2) is 0 Å². The zero-order valence-corrected chi connectivity index (χ0v) is 11.4. The van der Waals surface area contributed by atoms with Gasteiger partial charge in [0.1, 0.15) is 6.04 Å². The maximum absolute atomic E-state index is 12.2. The highest BCUT2D eigenvalue weighted by atomic mass is 32.2. The number of rotatable bonds is 5. The van der Waals surface area contributed by atoms with Crippen molar-refractivity contribution in [1.82, 2.24) is 4.31 Å². The third-order valence-corrected chi connectivity index (χ3v) is 6.01. The summed E-state index contributed by atoms with van der Waals surface area (Å²) in [4.78, 5) is 11.0. The Kier molecular flexibility index (Phi) is 4.27. The smallest absolute Gasteiger partial charge is 0.322 e. The second-order valence-corrected chi connectivity index (χ2v) is 7.40. The molecule has 1 saturated heterocycles. The van der Waals surface area contributed by atoms with E-state index in [2.05, 4.69) is 0 Å². The van der Waals surface area contributed by atoms with Crippen LogP contribution in [0.25, 0.3) is 0 Å². The average molecular weight is 275 g/mol. The fraction of sp³-hybridized carbons (Fsp3) is 0.917. The molecular weight excluding hydrogens is 254 g/mol. The van der Waals surface area contributed by atoms with E-state index in [9.17, 15) is 13.2 Å². The van der Waals surface area contributed by atoms with Crippen molar-refractivity contribution >= 4 is 16.0 Å². The van der Waals surface area contributed by atoms with Crippen LogP contribution >= 0.6 is 0 Å². The minimum absolute atomic E-state index is 0.113. The van der Waals surface area contributed by atoms with E-state index in [1.807, 2.05) is 0 Å². The molecule has 1 saturated carbocycles. The Morgan fingerprint density at radius 2 is 1.83 bits per heavy atom.